The quantitative estimate of drug-likeness (QED) is 0.224. The molecule has 3 heterocycles. The van der Waals surface area contributed by atoms with Gasteiger partial charge in [0.05, 0.1) is 4.91 Å². The maximum atomic E-state index is 13.3. The van der Waals surface area contributed by atoms with E-state index < -0.39 is 0 Å². The summed E-state index contributed by atoms with van der Waals surface area (Å²) >= 11 is 10.0. The molecule has 1 saturated heterocycles. The van der Waals surface area contributed by atoms with Crippen LogP contribution in [0, 0.1) is 0 Å². The molecule has 1 aromatic carbocycles. The molecule has 0 N–H and O–H groups in total. The molecule has 0 saturated carbocycles. The van der Waals surface area contributed by atoms with Gasteiger partial charge in [-0.15, -0.1) is 0 Å². The van der Waals surface area contributed by atoms with Gasteiger partial charge in [0, 0.05) is 17.2 Å². The summed E-state index contributed by atoms with van der Waals surface area (Å²) in [5.41, 5.74) is 0.332. The third-order valence-electron chi connectivity index (χ3n) is 4.90. The highest BCUT2D eigenvalue weighted by molar-refractivity contribution is 9.10. The van der Waals surface area contributed by atoms with Crippen LogP contribution in [0.25, 0.3) is 11.7 Å². The number of unbranched alkanes of at least 4 members (excludes halogenated alkanes) is 2. The molecule has 1 aliphatic heterocycles. The summed E-state index contributed by atoms with van der Waals surface area (Å²) in [6, 6.07) is 12.5. The van der Waals surface area contributed by atoms with Gasteiger partial charge in [-0.3, -0.25) is 18.9 Å². The van der Waals surface area contributed by atoms with E-state index in [-0.39, 0.29) is 22.9 Å². The molecule has 32 heavy (non-hydrogen) atoms. The predicted octanol–water partition coefficient (Wildman–Crippen LogP) is 5.64. The van der Waals surface area contributed by atoms with Gasteiger partial charge in [0.2, 0.25) is 5.88 Å². The summed E-state index contributed by atoms with van der Waals surface area (Å²) in [6.45, 7) is 2.68. The molecule has 164 valence electrons. The zero-order valence-electron chi connectivity index (χ0n) is 17.3. The fourth-order valence-corrected chi connectivity index (χ4v) is 4.80. The molecule has 1 fully saturated rings. The largest absolute Gasteiger partial charge is 0.438 e. The van der Waals surface area contributed by atoms with Crippen LogP contribution < -0.4 is 10.3 Å². The molecule has 0 spiro atoms. The van der Waals surface area contributed by atoms with Crippen molar-refractivity contribution in [1.29, 1.82) is 0 Å². The van der Waals surface area contributed by atoms with Gasteiger partial charge in [0.15, 0.2) is 0 Å². The Morgan fingerprint density at radius 1 is 1.16 bits per heavy atom. The van der Waals surface area contributed by atoms with Gasteiger partial charge in [-0.05, 0) is 48.9 Å². The Hall–Kier alpha value is -2.49. The number of ether oxygens (including phenoxy) is 1. The molecule has 1 amide bonds. The smallest absolute Gasteiger partial charge is 0.269 e. The van der Waals surface area contributed by atoms with Crippen LogP contribution in [0.5, 0.6) is 11.6 Å². The molecule has 4 rings (SSSR count). The van der Waals surface area contributed by atoms with Crippen LogP contribution in [-0.4, -0.2) is 31.1 Å². The summed E-state index contributed by atoms with van der Waals surface area (Å²) in [5.74, 6) is 0.477. The number of benzene rings is 1. The lowest BCUT2D eigenvalue weighted by Crippen LogP contribution is -2.29. The molecule has 0 aliphatic carbocycles. The first kappa shape index (κ1) is 22.7. The minimum absolute atomic E-state index is 0.139. The molecule has 0 radical (unpaired) electrons. The van der Waals surface area contributed by atoms with Crippen molar-refractivity contribution in [3.05, 3.63) is 74.0 Å². The Morgan fingerprint density at radius 2 is 1.94 bits per heavy atom. The van der Waals surface area contributed by atoms with Crippen LogP contribution in [0.15, 0.2) is 62.8 Å². The highest BCUT2D eigenvalue weighted by Gasteiger charge is 2.32. The SMILES string of the molecule is CCCCCN1C(=O)/C(=C/c2c(Oc3ccc(Br)cc3)nc3ccccn3c2=O)SC1=S. The second kappa shape index (κ2) is 9.97. The second-order valence-corrected chi connectivity index (χ2v) is 9.75. The number of hydrogen-bond donors (Lipinski definition) is 0. The molecule has 0 bridgehead atoms. The van der Waals surface area contributed by atoms with E-state index in [0.29, 0.717) is 27.2 Å². The van der Waals surface area contributed by atoms with E-state index in [1.54, 1.807) is 47.5 Å². The summed E-state index contributed by atoms with van der Waals surface area (Å²) in [7, 11) is 0. The van der Waals surface area contributed by atoms with E-state index in [9.17, 15) is 9.59 Å². The van der Waals surface area contributed by atoms with Gasteiger partial charge in [-0.1, -0.05) is 65.7 Å². The van der Waals surface area contributed by atoms with Gasteiger partial charge >= 0.3 is 0 Å². The molecule has 6 nitrogen and oxygen atoms in total. The van der Waals surface area contributed by atoms with Gasteiger partial charge in [0.1, 0.15) is 21.3 Å². The third kappa shape index (κ3) is 4.79. The van der Waals surface area contributed by atoms with Crippen molar-refractivity contribution < 1.29 is 9.53 Å². The van der Waals surface area contributed by atoms with Crippen molar-refractivity contribution in [1.82, 2.24) is 14.3 Å². The normalized spacial score (nSPS) is 15.2. The van der Waals surface area contributed by atoms with Crippen molar-refractivity contribution in [2.24, 2.45) is 0 Å². The first-order valence-electron chi connectivity index (χ1n) is 10.2. The minimum Gasteiger partial charge on any atom is -0.438 e. The van der Waals surface area contributed by atoms with E-state index in [0.717, 1.165) is 23.7 Å². The van der Waals surface area contributed by atoms with Gasteiger partial charge in [-0.25, -0.2) is 0 Å². The molecule has 3 aromatic rings. The van der Waals surface area contributed by atoms with Gasteiger partial charge in [0.25, 0.3) is 11.5 Å². The van der Waals surface area contributed by atoms with E-state index in [4.69, 9.17) is 17.0 Å². The lowest BCUT2D eigenvalue weighted by atomic mass is 10.2. The number of pyridine rings is 1. The third-order valence-corrected chi connectivity index (χ3v) is 6.80. The number of nitrogens with zero attached hydrogens (tertiary/aromatic N) is 3. The van der Waals surface area contributed by atoms with Crippen LogP contribution in [0.3, 0.4) is 0 Å². The zero-order valence-corrected chi connectivity index (χ0v) is 20.5. The minimum atomic E-state index is -0.320. The molecule has 0 unspecified atom stereocenters. The topological polar surface area (TPSA) is 63.9 Å². The predicted molar refractivity (Wildman–Crippen MR) is 135 cm³/mol. The fraction of sp³-hybridized carbons (Fsp3) is 0.217. The molecule has 2 aromatic heterocycles. The Bertz CT molecular complexity index is 1270. The average Bonchev–Trinajstić information content (AvgIpc) is 3.05. The monoisotopic (exact) mass is 529 g/mol. The highest BCUT2D eigenvalue weighted by atomic mass is 79.9. The molecule has 9 heteroatoms. The van der Waals surface area contributed by atoms with E-state index in [1.807, 2.05) is 12.1 Å². The maximum absolute atomic E-state index is 13.3. The molecule has 0 atom stereocenters. The number of aromatic nitrogens is 2. The molecule has 1 aliphatic rings. The van der Waals surface area contributed by atoms with Gasteiger partial charge < -0.3 is 4.74 Å². The molecular weight excluding hydrogens is 510 g/mol. The van der Waals surface area contributed by atoms with Crippen LogP contribution >= 0.6 is 39.9 Å². The Balaban J connectivity index is 1.76. The Labute approximate surface area is 203 Å². The standard InChI is InChI=1S/C23H20BrN3O3S2/c1-2-3-5-13-27-22(29)18(32-23(27)31)14-17-20(30-16-10-8-15(24)9-11-16)25-19-7-4-6-12-26(19)21(17)28/h4,6-12,14H,2-3,5,13H2,1H3/b18-14-. The number of fused-ring (bicyclic) bond motifs is 1. The Morgan fingerprint density at radius 3 is 2.69 bits per heavy atom. The second-order valence-electron chi connectivity index (χ2n) is 7.16. The van der Waals surface area contributed by atoms with Crippen molar-refractivity contribution >= 4 is 61.9 Å². The number of thiocarbonyl (C=S) groups is 1. The number of carbonyl (C=O) groups excluding carboxylic acids is 1. The lowest BCUT2D eigenvalue weighted by molar-refractivity contribution is -0.122. The number of hydrogen-bond acceptors (Lipinski definition) is 6. The highest BCUT2D eigenvalue weighted by Crippen LogP contribution is 2.34. The van der Waals surface area contributed by atoms with Crippen LogP contribution in [-0.2, 0) is 4.79 Å². The zero-order chi connectivity index (χ0) is 22.7. The average molecular weight is 530 g/mol. The van der Waals surface area contributed by atoms with Crippen molar-refractivity contribution in [2.75, 3.05) is 6.54 Å². The summed E-state index contributed by atoms with van der Waals surface area (Å²) in [4.78, 5) is 32.8. The number of amides is 1. The van der Waals surface area contributed by atoms with Crippen molar-refractivity contribution in [3.63, 3.8) is 0 Å². The van der Waals surface area contributed by atoms with E-state index in [2.05, 4.69) is 27.8 Å². The number of rotatable bonds is 7. The van der Waals surface area contributed by atoms with Crippen molar-refractivity contribution in [3.8, 4) is 11.6 Å². The van der Waals surface area contributed by atoms with Crippen LogP contribution in [0.4, 0.5) is 0 Å². The Kier molecular flexibility index (Phi) is 7.07. The van der Waals surface area contributed by atoms with Crippen LogP contribution in [0.1, 0.15) is 31.7 Å². The van der Waals surface area contributed by atoms with E-state index in [1.165, 1.54) is 16.2 Å². The number of halogens is 1. The summed E-state index contributed by atoms with van der Waals surface area (Å²) < 4.78 is 8.82. The molecular formula is C23H20BrN3O3S2. The number of carbonyl (C=O) groups is 1. The van der Waals surface area contributed by atoms with E-state index >= 15 is 0 Å². The number of thioether (sulfide) groups is 1. The van der Waals surface area contributed by atoms with Crippen LogP contribution in [0.2, 0.25) is 0 Å². The summed E-state index contributed by atoms with van der Waals surface area (Å²) in [6.07, 6.45) is 6.15. The summed E-state index contributed by atoms with van der Waals surface area (Å²) in [5, 5.41) is 0. The van der Waals surface area contributed by atoms with Gasteiger partial charge in [-0.2, -0.15) is 4.98 Å². The fourth-order valence-electron chi connectivity index (χ4n) is 3.24. The first-order chi connectivity index (χ1) is 15.5. The lowest BCUT2D eigenvalue weighted by Gasteiger charge is -2.13. The first-order valence-corrected chi connectivity index (χ1v) is 12.2. The maximum Gasteiger partial charge on any atom is 0.269 e. The van der Waals surface area contributed by atoms with Crippen molar-refractivity contribution in [2.45, 2.75) is 26.2 Å².